The van der Waals surface area contributed by atoms with Crippen molar-refractivity contribution in [2.75, 3.05) is 26.9 Å². The fourth-order valence-electron chi connectivity index (χ4n) is 2.62. The van der Waals surface area contributed by atoms with Crippen LogP contribution in [0.4, 0.5) is 13.2 Å². The number of carbonyl (C=O) groups excluding carboxylic acids is 1. The Bertz CT molecular complexity index is 823. The number of ether oxygens (including phenoxy) is 3. The molecule has 0 aromatic heterocycles. The molecule has 3 rings (SSSR count). The molecule has 8 heteroatoms. The van der Waals surface area contributed by atoms with E-state index in [9.17, 15) is 18.0 Å². The molecule has 0 radical (unpaired) electrons. The van der Waals surface area contributed by atoms with Gasteiger partial charge in [0.05, 0.1) is 5.56 Å². The van der Waals surface area contributed by atoms with Crippen molar-refractivity contribution in [1.82, 2.24) is 4.90 Å². The van der Waals surface area contributed by atoms with Gasteiger partial charge >= 0.3 is 6.18 Å². The zero-order valence-corrected chi connectivity index (χ0v) is 14.6. The predicted octanol–water partition coefficient (Wildman–Crippen LogP) is 3.51. The third-order valence-corrected chi connectivity index (χ3v) is 4.00. The van der Waals surface area contributed by atoms with Gasteiger partial charge in [0.2, 0.25) is 0 Å². The summed E-state index contributed by atoms with van der Waals surface area (Å²) in [6.45, 7) is 0.715. The van der Waals surface area contributed by atoms with Gasteiger partial charge in [0.1, 0.15) is 19.0 Å². The Kier molecular flexibility index (Phi) is 5.43. The molecule has 5 nitrogen and oxygen atoms in total. The summed E-state index contributed by atoms with van der Waals surface area (Å²) in [5, 5.41) is 0. The molecule has 0 aliphatic carbocycles. The second-order valence-corrected chi connectivity index (χ2v) is 6.01. The van der Waals surface area contributed by atoms with E-state index in [1.54, 1.807) is 25.2 Å². The Hall–Kier alpha value is -2.90. The number of para-hydroxylation sites is 1. The lowest BCUT2D eigenvalue weighted by Gasteiger charge is -2.21. The fourth-order valence-corrected chi connectivity index (χ4v) is 2.62. The highest BCUT2D eigenvalue weighted by atomic mass is 19.4. The van der Waals surface area contributed by atoms with E-state index in [1.165, 1.54) is 23.1 Å². The van der Waals surface area contributed by atoms with E-state index in [4.69, 9.17) is 14.2 Å². The Morgan fingerprint density at radius 1 is 1.11 bits per heavy atom. The van der Waals surface area contributed by atoms with Crippen LogP contribution in [0.25, 0.3) is 0 Å². The summed E-state index contributed by atoms with van der Waals surface area (Å²) in [7, 11) is 1.55. The first-order chi connectivity index (χ1) is 12.8. The van der Waals surface area contributed by atoms with Crippen molar-refractivity contribution in [2.45, 2.75) is 12.7 Å². The minimum atomic E-state index is -4.54. The van der Waals surface area contributed by atoms with Gasteiger partial charge in [0, 0.05) is 13.6 Å². The summed E-state index contributed by atoms with van der Waals surface area (Å²) in [5.74, 6) is 0.439. The van der Waals surface area contributed by atoms with Gasteiger partial charge in [-0.1, -0.05) is 18.2 Å². The normalized spacial score (nSPS) is 13.2. The lowest BCUT2D eigenvalue weighted by molar-refractivity contribution is -0.140. The van der Waals surface area contributed by atoms with Crippen LogP contribution in [0.1, 0.15) is 11.1 Å². The predicted molar refractivity (Wildman–Crippen MR) is 90.8 cm³/mol. The van der Waals surface area contributed by atoms with Crippen LogP contribution >= 0.6 is 0 Å². The van der Waals surface area contributed by atoms with Crippen molar-refractivity contribution in [3.63, 3.8) is 0 Å². The van der Waals surface area contributed by atoms with Gasteiger partial charge in [0.25, 0.3) is 5.91 Å². The number of rotatable bonds is 5. The van der Waals surface area contributed by atoms with Gasteiger partial charge in [-0.05, 0) is 29.8 Å². The number of halogens is 3. The van der Waals surface area contributed by atoms with Gasteiger partial charge in [-0.25, -0.2) is 0 Å². The van der Waals surface area contributed by atoms with Gasteiger partial charge in [-0.3, -0.25) is 4.79 Å². The lowest BCUT2D eigenvalue weighted by atomic mass is 10.2. The number of likely N-dealkylation sites (N-methyl/N-ethyl adjacent to an activating group) is 1. The first kappa shape index (κ1) is 18.9. The van der Waals surface area contributed by atoms with E-state index in [-0.39, 0.29) is 12.3 Å². The number of fused-ring (bicyclic) bond motifs is 1. The molecule has 1 heterocycles. The molecule has 2 aromatic rings. The van der Waals surface area contributed by atoms with Crippen LogP contribution in [0.15, 0.2) is 42.5 Å². The topological polar surface area (TPSA) is 48.0 Å². The molecule has 0 unspecified atom stereocenters. The van der Waals surface area contributed by atoms with Gasteiger partial charge in [0.15, 0.2) is 18.1 Å². The van der Waals surface area contributed by atoms with Crippen LogP contribution in [0.5, 0.6) is 17.2 Å². The Labute approximate surface area is 154 Å². The van der Waals surface area contributed by atoms with Gasteiger partial charge < -0.3 is 19.1 Å². The highest BCUT2D eigenvalue weighted by Gasteiger charge is 2.34. The Morgan fingerprint density at radius 2 is 1.81 bits per heavy atom. The van der Waals surface area contributed by atoms with E-state index in [1.807, 2.05) is 0 Å². The van der Waals surface area contributed by atoms with Crippen LogP contribution in [0.3, 0.4) is 0 Å². The van der Waals surface area contributed by atoms with E-state index >= 15 is 0 Å². The molecular weight excluding hydrogens is 363 g/mol. The quantitative estimate of drug-likeness (QED) is 0.795. The zero-order valence-electron chi connectivity index (χ0n) is 14.6. The summed E-state index contributed by atoms with van der Waals surface area (Å²) in [4.78, 5) is 13.6. The van der Waals surface area contributed by atoms with Crippen molar-refractivity contribution in [3.8, 4) is 17.2 Å². The molecule has 0 saturated carbocycles. The van der Waals surface area contributed by atoms with Crippen molar-refractivity contribution in [3.05, 3.63) is 53.6 Å². The van der Waals surface area contributed by atoms with Crippen molar-refractivity contribution >= 4 is 5.91 Å². The number of hydrogen-bond donors (Lipinski definition) is 0. The summed E-state index contributed by atoms with van der Waals surface area (Å²) in [6, 6.07) is 10.1. The maximum absolute atomic E-state index is 13.0. The highest BCUT2D eigenvalue weighted by Crippen LogP contribution is 2.36. The second-order valence-electron chi connectivity index (χ2n) is 6.01. The summed E-state index contributed by atoms with van der Waals surface area (Å²) in [5.41, 5.74) is -0.0990. The standard InChI is InChI=1S/C19H18F3NO4/c1-23(11-13-6-7-16-17(10-13)26-9-8-25-16)18(24)12-27-15-5-3-2-4-14(15)19(20,21)22/h2-7,10H,8-9,11-12H2,1H3. The van der Waals surface area contributed by atoms with Crippen LogP contribution in [-0.2, 0) is 17.5 Å². The first-order valence-electron chi connectivity index (χ1n) is 8.26. The summed E-state index contributed by atoms with van der Waals surface area (Å²) < 4.78 is 54.9. The molecule has 0 spiro atoms. The molecule has 27 heavy (non-hydrogen) atoms. The maximum atomic E-state index is 13.0. The number of carbonyl (C=O) groups is 1. The molecule has 0 bridgehead atoms. The number of benzene rings is 2. The Morgan fingerprint density at radius 3 is 2.56 bits per heavy atom. The lowest BCUT2D eigenvalue weighted by Crippen LogP contribution is -2.31. The van der Waals surface area contributed by atoms with E-state index in [0.717, 1.165) is 11.6 Å². The number of nitrogens with zero attached hydrogens (tertiary/aromatic N) is 1. The average Bonchev–Trinajstić information content (AvgIpc) is 2.65. The van der Waals surface area contributed by atoms with Gasteiger partial charge in [-0.2, -0.15) is 13.2 Å². The third kappa shape index (κ3) is 4.64. The molecule has 0 fully saturated rings. The molecule has 2 aromatic carbocycles. The molecular formula is C19H18F3NO4. The zero-order chi connectivity index (χ0) is 19.4. The van der Waals surface area contributed by atoms with Gasteiger partial charge in [-0.15, -0.1) is 0 Å². The van der Waals surface area contributed by atoms with E-state index < -0.39 is 24.3 Å². The maximum Gasteiger partial charge on any atom is 0.419 e. The highest BCUT2D eigenvalue weighted by molar-refractivity contribution is 5.77. The Balaban J connectivity index is 1.60. The molecule has 1 aliphatic rings. The number of amides is 1. The first-order valence-corrected chi connectivity index (χ1v) is 8.26. The van der Waals surface area contributed by atoms with Crippen molar-refractivity contribution in [1.29, 1.82) is 0 Å². The van der Waals surface area contributed by atoms with E-state index in [0.29, 0.717) is 24.7 Å². The second kappa shape index (κ2) is 7.77. The molecule has 0 atom stereocenters. The smallest absolute Gasteiger partial charge is 0.419 e. The molecule has 0 N–H and O–H groups in total. The molecule has 144 valence electrons. The minimum absolute atomic E-state index is 0.264. The fraction of sp³-hybridized carbons (Fsp3) is 0.316. The average molecular weight is 381 g/mol. The number of alkyl halides is 3. The summed E-state index contributed by atoms with van der Waals surface area (Å²) in [6.07, 6.45) is -4.54. The largest absolute Gasteiger partial charge is 0.486 e. The van der Waals surface area contributed by atoms with Crippen molar-refractivity contribution in [2.24, 2.45) is 0 Å². The number of hydrogen-bond acceptors (Lipinski definition) is 4. The molecule has 1 aliphatic heterocycles. The minimum Gasteiger partial charge on any atom is -0.486 e. The summed E-state index contributed by atoms with van der Waals surface area (Å²) >= 11 is 0. The third-order valence-electron chi connectivity index (χ3n) is 4.00. The van der Waals surface area contributed by atoms with Crippen LogP contribution < -0.4 is 14.2 Å². The van der Waals surface area contributed by atoms with E-state index in [2.05, 4.69) is 0 Å². The van der Waals surface area contributed by atoms with Crippen LogP contribution in [0, 0.1) is 0 Å². The van der Waals surface area contributed by atoms with Crippen molar-refractivity contribution < 1.29 is 32.2 Å². The monoisotopic (exact) mass is 381 g/mol. The molecule has 0 saturated heterocycles. The molecule has 1 amide bonds. The van der Waals surface area contributed by atoms with Crippen LogP contribution in [-0.4, -0.2) is 37.7 Å². The SMILES string of the molecule is CN(Cc1ccc2c(c1)OCCO2)C(=O)COc1ccccc1C(F)(F)F. The van der Waals surface area contributed by atoms with Crippen LogP contribution in [0.2, 0.25) is 0 Å².